The highest BCUT2D eigenvalue weighted by molar-refractivity contribution is 6.07. The Kier molecular flexibility index (Phi) is 4.56. The van der Waals surface area contributed by atoms with Gasteiger partial charge in [0.2, 0.25) is 0 Å². The molecule has 1 aromatic rings. The molecule has 0 aliphatic heterocycles. The second-order valence-electron chi connectivity index (χ2n) is 3.01. The molecule has 0 aliphatic rings. The molecular formula is C10H13N3O3. The van der Waals surface area contributed by atoms with Crippen molar-refractivity contribution in [3.63, 3.8) is 0 Å². The number of carbonyl (C=O) groups excluding carboxylic acids is 2. The minimum Gasteiger partial charge on any atom is -0.395 e. The fourth-order valence-electron chi connectivity index (χ4n) is 1.17. The van der Waals surface area contributed by atoms with Crippen molar-refractivity contribution >= 4 is 11.7 Å². The van der Waals surface area contributed by atoms with Crippen LogP contribution in [-0.2, 0) is 0 Å². The van der Waals surface area contributed by atoms with Crippen LogP contribution in [0.2, 0.25) is 0 Å². The molecule has 0 saturated carbocycles. The lowest BCUT2D eigenvalue weighted by Crippen LogP contribution is -2.29. The number of aliphatic hydroxyl groups excluding tert-OH is 1. The van der Waals surface area contributed by atoms with Crippen molar-refractivity contribution in [1.29, 1.82) is 0 Å². The third-order valence-corrected chi connectivity index (χ3v) is 1.91. The van der Waals surface area contributed by atoms with Crippen LogP contribution in [0.5, 0.6) is 0 Å². The van der Waals surface area contributed by atoms with Gasteiger partial charge in [0.1, 0.15) is 5.69 Å². The van der Waals surface area contributed by atoms with E-state index >= 15 is 0 Å². The summed E-state index contributed by atoms with van der Waals surface area (Å²) in [6.45, 7) is -0.226. The molecule has 1 aromatic heterocycles. The topological polar surface area (TPSA) is 105 Å². The van der Waals surface area contributed by atoms with Crippen molar-refractivity contribution in [3.8, 4) is 0 Å². The van der Waals surface area contributed by atoms with Crippen LogP contribution in [0.4, 0.5) is 0 Å². The Morgan fingerprint density at radius 3 is 2.88 bits per heavy atom. The van der Waals surface area contributed by atoms with Crippen LogP contribution < -0.4 is 11.1 Å². The third kappa shape index (κ3) is 2.85. The number of nitrogens with zero attached hydrogens (tertiary/aromatic N) is 1. The summed E-state index contributed by atoms with van der Waals surface area (Å²) in [4.78, 5) is 26.8. The van der Waals surface area contributed by atoms with Crippen LogP contribution in [0, 0.1) is 0 Å². The zero-order valence-corrected chi connectivity index (χ0v) is 8.64. The lowest BCUT2D eigenvalue weighted by Gasteiger charge is -2.06. The first-order valence-corrected chi connectivity index (χ1v) is 4.78. The zero-order chi connectivity index (χ0) is 12.0. The molecular weight excluding hydrogens is 210 g/mol. The fraction of sp³-hybridized carbons (Fsp3) is 0.300. The van der Waals surface area contributed by atoms with E-state index in [0.717, 1.165) is 0 Å². The number of Topliss-reactive ketones (excluding diaryl/α,β-unsaturated/α-hetero) is 1. The number of aromatic nitrogens is 1. The highest BCUT2D eigenvalue weighted by Gasteiger charge is 2.16. The Bertz CT molecular complexity index is 393. The van der Waals surface area contributed by atoms with Gasteiger partial charge in [0.05, 0.1) is 18.7 Å². The molecule has 1 amide bonds. The molecule has 1 heterocycles. The number of aliphatic hydroxyl groups is 1. The standard InChI is InChI=1S/C10H13N3O3/c11-6-8(15)7-2-1-3-12-9(7)10(16)13-4-5-14/h1-3,14H,4-6,11H2,(H,13,16). The Hall–Kier alpha value is -1.79. The largest absolute Gasteiger partial charge is 0.395 e. The predicted octanol–water partition coefficient (Wildman–Crippen LogP) is -1.05. The summed E-state index contributed by atoms with van der Waals surface area (Å²) in [6, 6.07) is 3.06. The van der Waals surface area contributed by atoms with Gasteiger partial charge in [-0.05, 0) is 12.1 Å². The van der Waals surface area contributed by atoms with Gasteiger partial charge in [-0.15, -0.1) is 0 Å². The van der Waals surface area contributed by atoms with Crippen molar-refractivity contribution in [2.45, 2.75) is 0 Å². The number of carbonyl (C=O) groups is 2. The lowest BCUT2D eigenvalue weighted by molar-refractivity contribution is 0.0924. The van der Waals surface area contributed by atoms with Gasteiger partial charge < -0.3 is 16.2 Å². The average Bonchev–Trinajstić information content (AvgIpc) is 2.35. The van der Waals surface area contributed by atoms with Crippen molar-refractivity contribution in [2.24, 2.45) is 5.73 Å². The summed E-state index contributed by atoms with van der Waals surface area (Å²) < 4.78 is 0. The smallest absolute Gasteiger partial charge is 0.270 e. The summed E-state index contributed by atoms with van der Waals surface area (Å²) in [5, 5.41) is 11.0. The molecule has 0 aliphatic carbocycles. The minimum absolute atomic E-state index is 0.0337. The fourth-order valence-corrected chi connectivity index (χ4v) is 1.17. The van der Waals surface area contributed by atoms with Crippen LogP contribution in [0.15, 0.2) is 18.3 Å². The summed E-state index contributed by atoms with van der Waals surface area (Å²) in [6.07, 6.45) is 1.42. The molecule has 0 fully saturated rings. The number of hydrogen-bond acceptors (Lipinski definition) is 5. The van der Waals surface area contributed by atoms with Gasteiger partial charge in [-0.25, -0.2) is 0 Å². The molecule has 0 unspecified atom stereocenters. The van der Waals surface area contributed by atoms with Crippen LogP contribution in [0.3, 0.4) is 0 Å². The van der Waals surface area contributed by atoms with Crippen molar-refractivity contribution in [1.82, 2.24) is 10.3 Å². The molecule has 0 spiro atoms. The number of nitrogens with one attached hydrogen (secondary N) is 1. The number of ketones is 1. The van der Waals surface area contributed by atoms with Crippen molar-refractivity contribution < 1.29 is 14.7 Å². The molecule has 1 rings (SSSR count). The highest BCUT2D eigenvalue weighted by Crippen LogP contribution is 2.05. The van der Waals surface area contributed by atoms with Gasteiger partial charge in [0, 0.05) is 12.7 Å². The Balaban J connectivity index is 2.94. The normalized spacial score (nSPS) is 9.88. The SMILES string of the molecule is NCC(=O)c1cccnc1C(=O)NCCO. The van der Waals surface area contributed by atoms with Gasteiger partial charge in [-0.3, -0.25) is 14.6 Å². The van der Waals surface area contributed by atoms with Crippen LogP contribution in [-0.4, -0.2) is 41.5 Å². The van der Waals surface area contributed by atoms with Crippen molar-refractivity contribution in [3.05, 3.63) is 29.6 Å². The molecule has 4 N–H and O–H groups in total. The molecule has 0 aromatic carbocycles. The van der Waals surface area contributed by atoms with E-state index in [2.05, 4.69) is 10.3 Å². The monoisotopic (exact) mass is 223 g/mol. The van der Waals surface area contributed by atoms with E-state index in [4.69, 9.17) is 10.8 Å². The summed E-state index contributed by atoms with van der Waals surface area (Å²) in [7, 11) is 0. The highest BCUT2D eigenvalue weighted by atomic mass is 16.3. The number of nitrogens with two attached hydrogens (primary N) is 1. The van der Waals surface area contributed by atoms with E-state index in [-0.39, 0.29) is 36.7 Å². The first kappa shape index (κ1) is 12.3. The summed E-state index contributed by atoms with van der Waals surface area (Å²) in [5.74, 6) is -0.839. The number of amides is 1. The van der Waals surface area contributed by atoms with E-state index in [1.165, 1.54) is 12.3 Å². The molecule has 0 saturated heterocycles. The molecule has 16 heavy (non-hydrogen) atoms. The second kappa shape index (κ2) is 5.94. The zero-order valence-electron chi connectivity index (χ0n) is 8.64. The molecule has 0 atom stereocenters. The van der Waals surface area contributed by atoms with Gasteiger partial charge in [0.25, 0.3) is 5.91 Å². The lowest BCUT2D eigenvalue weighted by atomic mass is 10.1. The summed E-state index contributed by atoms with van der Waals surface area (Å²) in [5.41, 5.74) is 5.45. The van der Waals surface area contributed by atoms with Crippen LogP contribution in [0.25, 0.3) is 0 Å². The van der Waals surface area contributed by atoms with E-state index < -0.39 is 5.91 Å². The Morgan fingerprint density at radius 1 is 1.50 bits per heavy atom. The maximum Gasteiger partial charge on any atom is 0.270 e. The third-order valence-electron chi connectivity index (χ3n) is 1.91. The maximum atomic E-state index is 11.6. The van der Waals surface area contributed by atoms with Gasteiger partial charge in [0.15, 0.2) is 5.78 Å². The first-order valence-electron chi connectivity index (χ1n) is 4.78. The van der Waals surface area contributed by atoms with E-state index in [9.17, 15) is 9.59 Å². The molecule has 0 radical (unpaired) electrons. The quantitative estimate of drug-likeness (QED) is 0.552. The van der Waals surface area contributed by atoms with E-state index in [1.54, 1.807) is 6.07 Å². The minimum atomic E-state index is -0.494. The average molecular weight is 223 g/mol. The van der Waals surface area contributed by atoms with Crippen molar-refractivity contribution in [2.75, 3.05) is 19.7 Å². The van der Waals surface area contributed by atoms with Crippen LogP contribution >= 0.6 is 0 Å². The van der Waals surface area contributed by atoms with E-state index in [1.807, 2.05) is 0 Å². The van der Waals surface area contributed by atoms with Crippen LogP contribution in [0.1, 0.15) is 20.8 Å². The number of rotatable bonds is 5. The van der Waals surface area contributed by atoms with Gasteiger partial charge in [-0.1, -0.05) is 0 Å². The molecule has 6 nitrogen and oxygen atoms in total. The molecule has 86 valence electrons. The first-order chi connectivity index (χ1) is 7.70. The second-order valence-corrected chi connectivity index (χ2v) is 3.01. The number of pyridine rings is 1. The summed E-state index contributed by atoms with van der Waals surface area (Å²) >= 11 is 0. The Labute approximate surface area is 92.5 Å². The van der Waals surface area contributed by atoms with Gasteiger partial charge >= 0.3 is 0 Å². The van der Waals surface area contributed by atoms with E-state index in [0.29, 0.717) is 0 Å². The predicted molar refractivity (Wildman–Crippen MR) is 57.0 cm³/mol. The van der Waals surface area contributed by atoms with Gasteiger partial charge in [-0.2, -0.15) is 0 Å². The maximum absolute atomic E-state index is 11.6. The molecule has 0 bridgehead atoms. The molecule has 6 heteroatoms. The Morgan fingerprint density at radius 2 is 2.25 bits per heavy atom. The number of hydrogen-bond donors (Lipinski definition) is 3.